The highest BCUT2D eigenvalue weighted by Crippen LogP contribution is 2.19. The van der Waals surface area contributed by atoms with E-state index in [1.165, 1.54) is 43.4 Å². The fourth-order valence-corrected chi connectivity index (χ4v) is 3.29. The van der Waals surface area contributed by atoms with Crippen molar-refractivity contribution in [3.05, 3.63) is 34.9 Å². The summed E-state index contributed by atoms with van der Waals surface area (Å²) in [5, 5.41) is 3.05. The van der Waals surface area contributed by atoms with Crippen LogP contribution in [0.2, 0.25) is 0 Å². The number of hydrogen-bond acceptors (Lipinski definition) is 2. The molecule has 0 aromatic heterocycles. The van der Waals surface area contributed by atoms with E-state index < -0.39 is 0 Å². The third-order valence-electron chi connectivity index (χ3n) is 4.90. The van der Waals surface area contributed by atoms with Gasteiger partial charge in [0.2, 0.25) is 0 Å². The molecule has 1 N–H and O–H groups in total. The average Bonchev–Trinajstić information content (AvgIpc) is 2.54. The maximum Gasteiger partial charge on any atom is 0.251 e. The van der Waals surface area contributed by atoms with E-state index in [-0.39, 0.29) is 5.91 Å². The lowest BCUT2D eigenvalue weighted by Crippen LogP contribution is -2.40. The van der Waals surface area contributed by atoms with Crippen LogP contribution in [-0.2, 0) is 0 Å². The van der Waals surface area contributed by atoms with Gasteiger partial charge in [-0.25, -0.2) is 0 Å². The first-order chi connectivity index (χ1) is 10.6. The molecule has 1 saturated heterocycles. The van der Waals surface area contributed by atoms with Crippen LogP contribution in [0, 0.1) is 13.8 Å². The number of carbonyl (C=O) groups is 1. The quantitative estimate of drug-likeness (QED) is 0.813. The first kappa shape index (κ1) is 17.0. The summed E-state index contributed by atoms with van der Waals surface area (Å²) in [7, 11) is 0. The molecule has 1 aromatic rings. The Morgan fingerprint density at radius 2 is 2.09 bits per heavy atom. The highest BCUT2D eigenvalue weighted by atomic mass is 16.1. The zero-order chi connectivity index (χ0) is 15.9. The first-order valence-corrected chi connectivity index (χ1v) is 8.71. The lowest BCUT2D eigenvalue weighted by molar-refractivity contribution is 0.0947. The van der Waals surface area contributed by atoms with Gasteiger partial charge in [-0.05, 0) is 69.3 Å². The minimum absolute atomic E-state index is 0.0498. The zero-order valence-corrected chi connectivity index (χ0v) is 14.3. The van der Waals surface area contributed by atoms with Crippen LogP contribution in [0.15, 0.2) is 18.2 Å². The summed E-state index contributed by atoms with van der Waals surface area (Å²) in [5.74, 6) is 0.0498. The number of nitrogens with zero attached hydrogens (tertiary/aromatic N) is 1. The van der Waals surface area contributed by atoms with Gasteiger partial charge < -0.3 is 10.2 Å². The SMILES string of the molecule is CC[C@H]1CCCCN1CCCNC(=O)c1ccc(C)c(C)c1. The Morgan fingerprint density at radius 3 is 2.82 bits per heavy atom. The number of rotatable bonds is 6. The normalized spacial score (nSPS) is 19.1. The van der Waals surface area contributed by atoms with E-state index in [2.05, 4.69) is 24.1 Å². The Bertz CT molecular complexity index is 498. The standard InChI is InChI=1S/C19H30N2O/c1-4-18-8-5-6-12-21(18)13-7-11-20-19(22)17-10-9-15(2)16(3)14-17/h9-10,14,18H,4-8,11-13H2,1-3H3,(H,20,22)/t18-/m0/s1. The molecule has 0 radical (unpaired) electrons. The second-order valence-electron chi connectivity index (χ2n) is 6.50. The fraction of sp³-hybridized carbons (Fsp3) is 0.632. The molecular formula is C19H30N2O. The number of nitrogens with one attached hydrogen (secondary N) is 1. The molecule has 3 nitrogen and oxygen atoms in total. The number of likely N-dealkylation sites (tertiary alicyclic amines) is 1. The van der Waals surface area contributed by atoms with Gasteiger partial charge in [-0.1, -0.05) is 19.4 Å². The van der Waals surface area contributed by atoms with Crippen LogP contribution >= 0.6 is 0 Å². The number of amides is 1. The minimum atomic E-state index is 0.0498. The molecule has 1 heterocycles. The number of carbonyl (C=O) groups excluding carboxylic acids is 1. The largest absolute Gasteiger partial charge is 0.352 e. The molecule has 122 valence electrons. The Morgan fingerprint density at radius 1 is 1.27 bits per heavy atom. The van der Waals surface area contributed by atoms with E-state index in [0.717, 1.165) is 31.1 Å². The number of piperidine rings is 1. The van der Waals surface area contributed by atoms with Crippen LogP contribution < -0.4 is 5.32 Å². The maximum atomic E-state index is 12.2. The monoisotopic (exact) mass is 302 g/mol. The van der Waals surface area contributed by atoms with Crippen LogP contribution in [-0.4, -0.2) is 36.5 Å². The molecule has 0 saturated carbocycles. The smallest absolute Gasteiger partial charge is 0.251 e. The first-order valence-electron chi connectivity index (χ1n) is 8.71. The summed E-state index contributed by atoms with van der Waals surface area (Å²) in [6.07, 6.45) is 6.32. The van der Waals surface area contributed by atoms with Crippen LogP contribution in [0.5, 0.6) is 0 Å². The molecule has 0 bridgehead atoms. The Kier molecular flexibility index (Phi) is 6.44. The second kappa shape index (κ2) is 8.33. The summed E-state index contributed by atoms with van der Waals surface area (Å²) in [4.78, 5) is 14.8. The van der Waals surface area contributed by atoms with Crippen molar-refractivity contribution in [2.75, 3.05) is 19.6 Å². The molecule has 1 amide bonds. The van der Waals surface area contributed by atoms with Crippen molar-refractivity contribution >= 4 is 5.91 Å². The van der Waals surface area contributed by atoms with E-state index >= 15 is 0 Å². The summed E-state index contributed by atoms with van der Waals surface area (Å²) < 4.78 is 0. The average molecular weight is 302 g/mol. The van der Waals surface area contributed by atoms with Crippen molar-refractivity contribution < 1.29 is 4.79 Å². The molecule has 0 aliphatic carbocycles. The number of benzene rings is 1. The van der Waals surface area contributed by atoms with Gasteiger partial charge in [-0.3, -0.25) is 4.79 Å². The van der Waals surface area contributed by atoms with Crippen LogP contribution in [0.25, 0.3) is 0 Å². The third-order valence-corrected chi connectivity index (χ3v) is 4.90. The van der Waals surface area contributed by atoms with E-state index in [1.54, 1.807) is 0 Å². The number of hydrogen-bond donors (Lipinski definition) is 1. The van der Waals surface area contributed by atoms with Crippen molar-refractivity contribution in [3.63, 3.8) is 0 Å². The molecule has 22 heavy (non-hydrogen) atoms. The van der Waals surface area contributed by atoms with Crippen molar-refractivity contribution in [1.29, 1.82) is 0 Å². The van der Waals surface area contributed by atoms with Gasteiger partial charge in [0.1, 0.15) is 0 Å². The highest BCUT2D eigenvalue weighted by Gasteiger charge is 2.19. The zero-order valence-electron chi connectivity index (χ0n) is 14.3. The van der Waals surface area contributed by atoms with Crippen molar-refractivity contribution in [3.8, 4) is 0 Å². The van der Waals surface area contributed by atoms with Gasteiger partial charge in [-0.15, -0.1) is 0 Å². The summed E-state index contributed by atoms with van der Waals surface area (Å²) in [6.45, 7) is 9.49. The van der Waals surface area contributed by atoms with E-state index in [4.69, 9.17) is 0 Å². The predicted molar refractivity (Wildman–Crippen MR) is 92.4 cm³/mol. The maximum absolute atomic E-state index is 12.2. The highest BCUT2D eigenvalue weighted by molar-refractivity contribution is 5.94. The lowest BCUT2D eigenvalue weighted by atomic mass is 10.00. The van der Waals surface area contributed by atoms with E-state index in [1.807, 2.05) is 25.1 Å². The van der Waals surface area contributed by atoms with Crippen LogP contribution in [0.1, 0.15) is 60.5 Å². The molecule has 1 fully saturated rings. The van der Waals surface area contributed by atoms with E-state index in [9.17, 15) is 4.79 Å². The van der Waals surface area contributed by atoms with Crippen molar-refractivity contribution in [2.45, 2.75) is 58.9 Å². The molecule has 1 aliphatic rings. The summed E-state index contributed by atoms with van der Waals surface area (Å²) in [6, 6.07) is 6.66. The molecule has 3 heteroatoms. The van der Waals surface area contributed by atoms with Gasteiger partial charge in [0.15, 0.2) is 0 Å². The molecular weight excluding hydrogens is 272 g/mol. The summed E-state index contributed by atoms with van der Waals surface area (Å²) >= 11 is 0. The Balaban J connectivity index is 1.73. The van der Waals surface area contributed by atoms with Gasteiger partial charge >= 0.3 is 0 Å². The van der Waals surface area contributed by atoms with Gasteiger partial charge in [-0.2, -0.15) is 0 Å². The molecule has 1 atom stereocenters. The second-order valence-corrected chi connectivity index (χ2v) is 6.50. The molecule has 2 rings (SSSR count). The van der Waals surface area contributed by atoms with Gasteiger partial charge in [0.25, 0.3) is 5.91 Å². The Hall–Kier alpha value is -1.35. The Labute approximate surface area is 135 Å². The molecule has 0 unspecified atom stereocenters. The lowest BCUT2D eigenvalue weighted by Gasteiger charge is -2.35. The van der Waals surface area contributed by atoms with E-state index in [0.29, 0.717) is 0 Å². The number of aryl methyl sites for hydroxylation is 2. The van der Waals surface area contributed by atoms with Gasteiger partial charge in [0.05, 0.1) is 0 Å². The third kappa shape index (κ3) is 4.57. The molecule has 1 aliphatic heterocycles. The fourth-order valence-electron chi connectivity index (χ4n) is 3.29. The summed E-state index contributed by atoms with van der Waals surface area (Å²) in [5.41, 5.74) is 3.17. The molecule has 1 aromatic carbocycles. The predicted octanol–water partition coefficient (Wildman–Crippen LogP) is 3.69. The van der Waals surface area contributed by atoms with Gasteiger partial charge in [0, 0.05) is 24.7 Å². The van der Waals surface area contributed by atoms with Crippen molar-refractivity contribution in [1.82, 2.24) is 10.2 Å². The van der Waals surface area contributed by atoms with Crippen molar-refractivity contribution in [2.24, 2.45) is 0 Å². The topological polar surface area (TPSA) is 32.3 Å². The van der Waals surface area contributed by atoms with Crippen LogP contribution in [0.4, 0.5) is 0 Å². The van der Waals surface area contributed by atoms with Crippen LogP contribution in [0.3, 0.4) is 0 Å². The minimum Gasteiger partial charge on any atom is -0.352 e. The molecule has 0 spiro atoms.